The van der Waals surface area contributed by atoms with Gasteiger partial charge in [-0.1, -0.05) is 30.3 Å². The van der Waals surface area contributed by atoms with Crippen molar-refractivity contribution in [3.8, 4) is 5.75 Å². The van der Waals surface area contributed by atoms with Crippen LogP contribution in [0, 0.1) is 0 Å². The lowest BCUT2D eigenvalue weighted by Gasteiger charge is -2.26. The summed E-state index contributed by atoms with van der Waals surface area (Å²) in [6.07, 6.45) is 3.32. The Morgan fingerprint density at radius 2 is 1.85 bits per heavy atom. The van der Waals surface area contributed by atoms with E-state index in [0.717, 1.165) is 16.8 Å². The van der Waals surface area contributed by atoms with Gasteiger partial charge in [0.25, 0.3) is 11.7 Å². The van der Waals surface area contributed by atoms with Crippen molar-refractivity contribution >= 4 is 23.1 Å². The summed E-state index contributed by atoms with van der Waals surface area (Å²) in [5.74, 6) is -1.03. The monoisotopic (exact) mass is 457 g/mol. The molecule has 0 bridgehead atoms. The molecule has 1 atom stereocenters. The molecule has 7 nitrogen and oxygen atoms in total. The fourth-order valence-corrected chi connectivity index (χ4v) is 4.09. The molecule has 0 aliphatic carbocycles. The van der Waals surface area contributed by atoms with Crippen molar-refractivity contribution in [2.45, 2.75) is 19.5 Å². The summed E-state index contributed by atoms with van der Waals surface area (Å²) >= 11 is 0. The Morgan fingerprint density at radius 1 is 1.09 bits per heavy atom. The second kappa shape index (κ2) is 9.79. The molecule has 1 aliphatic rings. The van der Waals surface area contributed by atoms with Gasteiger partial charge in [-0.3, -0.25) is 14.6 Å². The minimum absolute atomic E-state index is 0.0557. The molecular weight excluding hydrogens is 430 g/mol. The van der Waals surface area contributed by atoms with Crippen LogP contribution in [0.2, 0.25) is 0 Å². The number of hydrogen-bond donors (Lipinski definition) is 1. The number of aliphatic hydroxyl groups excluding tert-OH is 1. The Kier molecular flexibility index (Phi) is 6.63. The Bertz CT molecular complexity index is 1220. The molecule has 174 valence electrons. The van der Waals surface area contributed by atoms with Crippen molar-refractivity contribution in [3.05, 3.63) is 95.3 Å². The maximum Gasteiger partial charge on any atom is 0.295 e. The highest BCUT2D eigenvalue weighted by molar-refractivity contribution is 6.46. The number of hydrogen-bond acceptors (Lipinski definition) is 6. The number of aliphatic hydroxyl groups is 1. The highest BCUT2D eigenvalue weighted by atomic mass is 16.5. The number of anilines is 1. The standard InChI is InChI=1S/C27H27N3O4/c1-4-34-22-9-5-8-20(15-22)25(31)23-24(19-10-12-21(13-11-19)29(2)3)30(27(33)26(23)32)17-18-7-6-14-28-16-18/h5-16,24,31H,4,17H2,1-3H3. The number of aromatic nitrogens is 1. The molecule has 0 saturated carbocycles. The van der Waals surface area contributed by atoms with Crippen LogP contribution in [-0.2, 0) is 16.1 Å². The summed E-state index contributed by atoms with van der Waals surface area (Å²) in [5, 5.41) is 11.3. The topological polar surface area (TPSA) is 83.0 Å². The van der Waals surface area contributed by atoms with E-state index in [-0.39, 0.29) is 17.9 Å². The number of nitrogens with zero attached hydrogens (tertiary/aromatic N) is 3. The number of carbonyl (C=O) groups is 2. The van der Waals surface area contributed by atoms with E-state index in [4.69, 9.17) is 4.74 Å². The minimum atomic E-state index is -0.743. The summed E-state index contributed by atoms with van der Waals surface area (Å²) < 4.78 is 5.55. The number of benzene rings is 2. The third kappa shape index (κ3) is 4.50. The van der Waals surface area contributed by atoms with Crippen LogP contribution in [-0.4, -0.2) is 47.4 Å². The fourth-order valence-electron chi connectivity index (χ4n) is 4.09. The average Bonchev–Trinajstić information content (AvgIpc) is 3.09. The molecule has 1 aromatic heterocycles. The van der Waals surface area contributed by atoms with Gasteiger partial charge in [-0.15, -0.1) is 0 Å². The number of ketones is 1. The number of likely N-dealkylation sites (tertiary alicyclic amines) is 1. The van der Waals surface area contributed by atoms with Gasteiger partial charge >= 0.3 is 0 Å². The van der Waals surface area contributed by atoms with Crippen molar-refractivity contribution in [1.82, 2.24) is 9.88 Å². The van der Waals surface area contributed by atoms with Crippen LogP contribution in [0.5, 0.6) is 5.75 Å². The molecule has 2 aromatic carbocycles. The van der Waals surface area contributed by atoms with Gasteiger partial charge in [0.15, 0.2) is 0 Å². The smallest absolute Gasteiger partial charge is 0.295 e. The number of amides is 1. The van der Waals surface area contributed by atoms with Gasteiger partial charge in [-0.05, 0) is 48.4 Å². The first-order valence-corrected chi connectivity index (χ1v) is 11.1. The Hall–Kier alpha value is -4.13. The van der Waals surface area contributed by atoms with Crippen LogP contribution in [0.1, 0.15) is 29.7 Å². The van der Waals surface area contributed by atoms with Crippen LogP contribution in [0.15, 0.2) is 78.6 Å². The normalized spacial score (nSPS) is 17.1. The predicted molar refractivity (Wildman–Crippen MR) is 130 cm³/mol. The molecule has 1 unspecified atom stereocenters. The zero-order valence-corrected chi connectivity index (χ0v) is 19.4. The molecule has 7 heteroatoms. The largest absolute Gasteiger partial charge is 0.507 e. The second-order valence-corrected chi connectivity index (χ2v) is 8.24. The molecule has 4 rings (SSSR count). The molecule has 1 saturated heterocycles. The number of carbonyl (C=O) groups excluding carboxylic acids is 2. The molecule has 3 aromatic rings. The van der Waals surface area contributed by atoms with E-state index >= 15 is 0 Å². The highest BCUT2D eigenvalue weighted by Crippen LogP contribution is 2.41. The third-order valence-electron chi connectivity index (χ3n) is 5.76. The Labute approximate surface area is 198 Å². The first-order chi connectivity index (χ1) is 16.4. The SMILES string of the molecule is CCOc1cccc(C(O)=C2C(=O)C(=O)N(Cc3cccnc3)C2c2ccc(N(C)C)cc2)c1. The van der Waals surface area contributed by atoms with Crippen molar-refractivity contribution in [1.29, 1.82) is 0 Å². The first-order valence-electron chi connectivity index (χ1n) is 11.1. The van der Waals surface area contributed by atoms with E-state index in [9.17, 15) is 14.7 Å². The third-order valence-corrected chi connectivity index (χ3v) is 5.76. The van der Waals surface area contributed by atoms with E-state index in [1.807, 2.05) is 56.3 Å². The van der Waals surface area contributed by atoms with Gasteiger partial charge < -0.3 is 19.6 Å². The lowest BCUT2D eigenvalue weighted by Crippen LogP contribution is -2.29. The molecule has 1 fully saturated rings. The quantitative estimate of drug-likeness (QED) is 0.326. The second-order valence-electron chi connectivity index (χ2n) is 8.24. The van der Waals surface area contributed by atoms with E-state index in [1.165, 1.54) is 4.90 Å². The lowest BCUT2D eigenvalue weighted by atomic mass is 9.95. The molecule has 2 heterocycles. The van der Waals surface area contributed by atoms with Crippen LogP contribution >= 0.6 is 0 Å². The van der Waals surface area contributed by atoms with Gasteiger partial charge in [0.05, 0.1) is 18.2 Å². The molecule has 0 radical (unpaired) electrons. The predicted octanol–water partition coefficient (Wildman–Crippen LogP) is 4.17. The van der Waals surface area contributed by atoms with Crippen LogP contribution in [0.4, 0.5) is 5.69 Å². The van der Waals surface area contributed by atoms with Crippen LogP contribution < -0.4 is 9.64 Å². The van der Waals surface area contributed by atoms with Crippen molar-refractivity contribution in [2.24, 2.45) is 0 Å². The summed E-state index contributed by atoms with van der Waals surface area (Å²) in [6, 6.07) is 17.4. The maximum absolute atomic E-state index is 13.2. The molecular formula is C27H27N3O4. The highest BCUT2D eigenvalue weighted by Gasteiger charge is 2.46. The molecule has 1 N–H and O–H groups in total. The van der Waals surface area contributed by atoms with E-state index in [0.29, 0.717) is 17.9 Å². The number of pyridine rings is 1. The van der Waals surface area contributed by atoms with E-state index in [1.54, 1.807) is 42.7 Å². The van der Waals surface area contributed by atoms with Crippen LogP contribution in [0.3, 0.4) is 0 Å². The Morgan fingerprint density at radius 3 is 2.50 bits per heavy atom. The molecule has 1 aliphatic heterocycles. The van der Waals surface area contributed by atoms with E-state index < -0.39 is 17.7 Å². The van der Waals surface area contributed by atoms with Gasteiger partial charge in [0.1, 0.15) is 11.5 Å². The van der Waals surface area contributed by atoms with Gasteiger partial charge in [-0.2, -0.15) is 0 Å². The van der Waals surface area contributed by atoms with E-state index in [2.05, 4.69) is 4.98 Å². The summed E-state index contributed by atoms with van der Waals surface area (Å²) in [6.45, 7) is 2.53. The van der Waals surface area contributed by atoms with Crippen molar-refractivity contribution in [3.63, 3.8) is 0 Å². The van der Waals surface area contributed by atoms with Crippen molar-refractivity contribution in [2.75, 3.05) is 25.6 Å². The Balaban J connectivity index is 1.84. The van der Waals surface area contributed by atoms with Gasteiger partial charge in [0.2, 0.25) is 0 Å². The summed E-state index contributed by atoms with van der Waals surface area (Å²) in [7, 11) is 3.88. The fraction of sp³-hybridized carbons (Fsp3) is 0.222. The van der Waals surface area contributed by atoms with Gasteiger partial charge in [0, 0.05) is 44.3 Å². The number of ether oxygens (including phenoxy) is 1. The number of Topliss-reactive ketones (excluding diaryl/α,β-unsaturated/α-hetero) is 1. The maximum atomic E-state index is 13.2. The number of rotatable bonds is 7. The van der Waals surface area contributed by atoms with Crippen molar-refractivity contribution < 1.29 is 19.4 Å². The van der Waals surface area contributed by atoms with Crippen LogP contribution in [0.25, 0.3) is 5.76 Å². The minimum Gasteiger partial charge on any atom is -0.507 e. The molecule has 1 amide bonds. The summed E-state index contributed by atoms with van der Waals surface area (Å²) in [5.41, 5.74) is 2.98. The lowest BCUT2D eigenvalue weighted by molar-refractivity contribution is -0.140. The molecule has 0 spiro atoms. The zero-order chi connectivity index (χ0) is 24.2. The molecule has 34 heavy (non-hydrogen) atoms. The average molecular weight is 458 g/mol. The summed E-state index contributed by atoms with van der Waals surface area (Å²) in [4.78, 5) is 34.0. The first kappa shape index (κ1) is 23.0. The zero-order valence-electron chi connectivity index (χ0n) is 19.4. The van der Waals surface area contributed by atoms with Gasteiger partial charge in [-0.25, -0.2) is 0 Å².